The first-order valence-corrected chi connectivity index (χ1v) is 7.86. The molecule has 21 heavy (non-hydrogen) atoms. The van der Waals surface area contributed by atoms with Gasteiger partial charge in [0.1, 0.15) is 0 Å². The average molecular weight is 367 g/mol. The Morgan fingerprint density at radius 3 is 2.62 bits per heavy atom. The third kappa shape index (κ3) is 3.66. The molecular weight excluding hydrogens is 350 g/mol. The lowest BCUT2D eigenvalue weighted by Crippen LogP contribution is -2.30. The summed E-state index contributed by atoms with van der Waals surface area (Å²) in [7, 11) is 1.81. The van der Waals surface area contributed by atoms with Gasteiger partial charge in [0.05, 0.1) is 6.04 Å². The fourth-order valence-corrected chi connectivity index (χ4v) is 2.74. The highest BCUT2D eigenvalue weighted by molar-refractivity contribution is 9.10. The molecule has 1 atom stereocenters. The van der Waals surface area contributed by atoms with E-state index in [0.29, 0.717) is 10.6 Å². The summed E-state index contributed by atoms with van der Waals surface area (Å²) in [6.07, 6.45) is 0. The van der Waals surface area contributed by atoms with Crippen molar-refractivity contribution in [2.75, 3.05) is 7.05 Å². The van der Waals surface area contributed by atoms with Gasteiger partial charge in [0.15, 0.2) is 0 Å². The lowest BCUT2D eigenvalue weighted by Gasteiger charge is -2.26. The van der Waals surface area contributed by atoms with Gasteiger partial charge in [-0.3, -0.25) is 4.79 Å². The van der Waals surface area contributed by atoms with Gasteiger partial charge in [-0.25, -0.2) is 0 Å². The number of amides is 1. The molecule has 0 bridgehead atoms. The summed E-state index contributed by atoms with van der Waals surface area (Å²) < 4.78 is 0.903. The molecule has 0 N–H and O–H groups in total. The van der Waals surface area contributed by atoms with Crippen molar-refractivity contribution in [3.05, 3.63) is 68.7 Å². The van der Waals surface area contributed by atoms with Crippen molar-refractivity contribution in [2.45, 2.75) is 19.9 Å². The summed E-state index contributed by atoms with van der Waals surface area (Å²) in [4.78, 5) is 14.4. The maximum atomic E-state index is 12.7. The molecule has 0 heterocycles. The van der Waals surface area contributed by atoms with Crippen LogP contribution in [-0.4, -0.2) is 17.9 Å². The van der Waals surface area contributed by atoms with Crippen molar-refractivity contribution in [1.82, 2.24) is 4.90 Å². The molecule has 0 saturated heterocycles. The molecule has 0 saturated carbocycles. The Kier molecular flexibility index (Phi) is 5.07. The van der Waals surface area contributed by atoms with E-state index in [0.717, 1.165) is 15.6 Å². The van der Waals surface area contributed by atoms with Crippen molar-refractivity contribution in [3.63, 3.8) is 0 Å². The molecule has 0 aliphatic carbocycles. The molecule has 2 aromatic rings. The SMILES string of the molecule is Cc1ccc(Br)cc1C(=O)N(C)C(C)c1cccc(Cl)c1. The second-order valence-electron chi connectivity index (χ2n) is 5.11. The van der Waals surface area contributed by atoms with Crippen LogP contribution in [0, 0.1) is 6.92 Å². The molecule has 2 rings (SSSR count). The maximum absolute atomic E-state index is 12.7. The number of aryl methyl sites for hydroxylation is 1. The number of hydrogen-bond acceptors (Lipinski definition) is 1. The summed E-state index contributed by atoms with van der Waals surface area (Å²) >= 11 is 9.44. The molecular formula is C17H17BrClNO. The third-order valence-electron chi connectivity index (χ3n) is 3.66. The second-order valence-corrected chi connectivity index (χ2v) is 6.46. The third-order valence-corrected chi connectivity index (χ3v) is 4.39. The van der Waals surface area contributed by atoms with Crippen molar-refractivity contribution in [3.8, 4) is 0 Å². The molecule has 0 aliphatic heterocycles. The lowest BCUT2D eigenvalue weighted by atomic mass is 10.0. The standard InChI is InChI=1S/C17H17BrClNO/c1-11-7-8-14(18)10-16(11)17(21)20(3)12(2)13-5-4-6-15(19)9-13/h4-10,12H,1-3H3. The van der Waals surface area contributed by atoms with Gasteiger partial charge in [-0.1, -0.05) is 45.7 Å². The number of benzene rings is 2. The van der Waals surface area contributed by atoms with E-state index in [1.54, 1.807) is 4.90 Å². The number of hydrogen-bond donors (Lipinski definition) is 0. The van der Waals surface area contributed by atoms with E-state index in [-0.39, 0.29) is 11.9 Å². The summed E-state index contributed by atoms with van der Waals surface area (Å²) in [6.45, 7) is 3.94. The van der Waals surface area contributed by atoms with Crippen LogP contribution >= 0.6 is 27.5 Å². The highest BCUT2D eigenvalue weighted by atomic mass is 79.9. The van der Waals surface area contributed by atoms with Gasteiger partial charge in [-0.2, -0.15) is 0 Å². The second kappa shape index (κ2) is 6.63. The number of halogens is 2. The van der Waals surface area contributed by atoms with Gasteiger partial charge in [0.2, 0.25) is 0 Å². The molecule has 0 spiro atoms. The van der Waals surface area contributed by atoms with Crippen LogP contribution in [-0.2, 0) is 0 Å². The zero-order chi connectivity index (χ0) is 15.6. The van der Waals surface area contributed by atoms with Crippen LogP contribution in [0.1, 0.15) is 34.5 Å². The summed E-state index contributed by atoms with van der Waals surface area (Å²) in [6, 6.07) is 13.3. The van der Waals surface area contributed by atoms with Crippen molar-refractivity contribution in [2.24, 2.45) is 0 Å². The van der Waals surface area contributed by atoms with Crippen LogP contribution < -0.4 is 0 Å². The van der Waals surface area contributed by atoms with Gasteiger partial charge in [0.25, 0.3) is 5.91 Å². The zero-order valence-corrected chi connectivity index (χ0v) is 14.6. The molecule has 0 aliphatic rings. The van der Waals surface area contributed by atoms with Crippen LogP contribution in [0.5, 0.6) is 0 Å². The summed E-state index contributed by atoms with van der Waals surface area (Å²) in [5, 5.41) is 0.679. The minimum Gasteiger partial charge on any atom is -0.335 e. The van der Waals surface area contributed by atoms with Gasteiger partial charge in [-0.15, -0.1) is 0 Å². The number of rotatable bonds is 3. The van der Waals surface area contributed by atoms with Crippen LogP contribution in [0.25, 0.3) is 0 Å². The smallest absolute Gasteiger partial charge is 0.254 e. The van der Waals surface area contributed by atoms with E-state index in [1.165, 1.54) is 0 Å². The van der Waals surface area contributed by atoms with Crippen molar-refractivity contribution in [1.29, 1.82) is 0 Å². The Bertz CT molecular complexity index is 672. The first-order valence-electron chi connectivity index (χ1n) is 6.69. The summed E-state index contributed by atoms with van der Waals surface area (Å²) in [5.74, 6) is 0.00118. The molecule has 2 aromatic carbocycles. The van der Waals surface area contributed by atoms with Gasteiger partial charge in [0, 0.05) is 22.1 Å². The molecule has 1 amide bonds. The Morgan fingerprint density at radius 1 is 1.24 bits per heavy atom. The Balaban J connectivity index is 2.28. The van der Waals surface area contributed by atoms with Gasteiger partial charge < -0.3 is 4.90 Å². The molecule has 0 radical (unpaired) electrons. The molecule has 0 aromatic heterocycles. The van der Waals surface area contributed by atoms with Crippen LogP contribution in [0.2, 0.25) is 5.02 Å². The minimum absolute atomic E-state index is 0.00118. The number of nitrogens with zero attached hydrogens (tertiary/aromatic N) is 1. The number of carbonyl (C=O) groups is 1. The van der Waals surface area contributed by atoms with Crippen LogP contribution in [0.15, 0.2) is 46.9 Å². The fraction of sp³-hybridized carbons (Fsp3) is 0.235. The Labute approximate surface area is 138 Å². The monoisotopic (exact) mass is 365 g/mol. The first kappa shape index (κ1) is 16.1. The normalized spacial score (nSPS) is 12.0. The van der Waals surface area contributed by atoms with Gasteiger partial charge >= 0.3 is 0 Å². The van der Waals surface area contributed by atoms with E-state index in [9.17, 15) is 4.79 Å². The van der Waals surface area contributed by atoms with Crippen molar-refractivity contribution < 1.29 is 4.79 Å². The van der Waals surface area contributed by atoms with E-state index in [2.05, 4.69) is 15.9 Å². The predicted molar refractivity (Wildman–Crippen MR) is 90.8 cm³/mol. The molecule has 1 unspecified atom stereocenters. The van der Waals surface area contributed by atoms with E-state index < -0.39 is 0 Å². The molecule has 2 nitrogen and oxygen atoms in total. The van der Waals surface area contributed by atoms with Gasteiger partial charge in [-0.05, 0) is 49.2 Å². The van der Waals surface area contributed by atoms with E-state index >= 15 is 0 Å². The zero-order valence-electron chi connectivity index (χ0n) is 12.2. The molecule has 4 heteroatoms. The first-order chi connectivity index (χ1) is 9.90. The topological polar surface area (TPSA) is 20.3 Å². The van der Waals surface area contributed by atoms with Crippen LogP contribution in [0.4, 0.5) is 0 Å². The average Bonchev–Trinajstić information content (AvgIpc) is 2.47. The van der Waals surface area contributed by atoms with E-state index in [1.807, 2.05) is 63.4 Å². The predicted octanol–water partition coefficient (Wildman–Crippen LogP) is 5.24. The highest BCUT2D eigenvalue weighted by Crippen LogP contribution is 2.25. The minimum atomic E-state index is -0.0467. The Morgan fingerprint density at radius 2 is 1.95 bits per heavy atom. The molecule has 0 fully saturated rings. The maximum Gasteiger partial charge on any atom is 0.254 e. The lowest BCUT2D eigenvalue weighted by molar-refractivity contribution is 0.0742. The largest absolute Gasteiger partial charge is 0.335 e. The van der Waals surface area contributed by atoms with Crippen molar-refractivity contribution >= 4 is 33.4 Å². The molecule has 110 valence electrons. The Hall–Kier alpha value is -1.32. The fourth-order valence-electron chi connectivity index (χ4n) is 2.18. The number of carbonyl (C=O) groups excluding carboxylic acids is 1. The van der Waals surface area contributed by atoms with E-state index in [4.69, 9.17) is 11.6 Å². The highest BCUT2D eigenvalue weighted by Gasteiger charge is 2.20. The summed E-state index contributed by atoms with van der Waals surface area (Å²) in [5.41, 5.74) is 2.69. The van der Waals surface area contributed by atoms with Crippen LogP contribution in [0.3, 0.4) is 0 Å². The quantitative estimate of drug-likeness (QED) is 0.727.